The number of aryl methyl sites for hydroxylation is 1. The van der Waals surface area contributed by atoms with Crippen LogP contribution in [0.15, 0.2) is 4.99 Å². The number of nitrogens with one attached hydrogen (secondary N) is 2. The van der Waals surface area contributed by atoms with Crippen LogP contribution in [0.25, 0.3) is 0 Å². The maximum Gasteiger partial charge on any atom is 0.341 e. The van der Waals surface area contributed by atoms with Crippen LogP contribution < -0.4 is 10.6 Å². The summed E-state index contributed by atoms with van der Waals surface area (Å²) in [5.41, 5.74) is 1.38. The van der Waals surface area contributed by atoms with Crippen LogP contribution in [0.4, 0.5) is 9.80 Å². The molecule has 8 nitrogen and oxygen atoms in total. The van der Waals surface area contributed by atoms with Crippen molar-refractivity contribution >= 4 is 46.4 Å². The predicted molar refractivity (Wildman–Crippen MR) is 90.2 cm³/mol. The molecule has 0 atom stereocenters. The molecule has 1 fully saturated rings. The monoisotopic (exact) mass is 363 g/mol. The summed E-state index contributed by atoms with van der Waals surface area (Å²) >= 11 is 1.38. The SMILES string of the molecule is CCOC(=O)c1c(N=CC2C(=O)NC(=O)NC2=O)sc2c1CCCC2. The molecule has 0 saturated carbocycles. The van der Waals surface area contributed by atoms with Crippen LogP contribution in [-0.2, 0) is 27.2 Å². The van der Waals surface area contributed by atoms with Crippen molar-refractivity contribution in [3.8, 4) is 0 Å². The van der Waals surface area contributed by atoms with Gasteiger partial charge in [-0.2, -0.15) is 0 Å². The Bertz CT molecular complexity index is 763. The lowest BCUT2D eigenvalue weighted by atomic mass is 9.95. The van der Waals surface area contributed by atoms with E-state index in [4.69, 9.17) is 4.74 Å². The summed E-state index contributed by atoms with van der Waals surface area (Å²) in [5.74, 6) is -3.14. The number of carbonyl (C=O) groups is 4. The van der Waals surface area contributed by atoms with Crippen LogP contribution in [0.2, 0.25) is 0 Å². The number of amides is 4. The first-order chi connectivity index (χ1) is 12.0. The standard InChI is InChI=1S/C16H17N3O5S/c1-2-24-15(22)11-8-5-3-4-6-10(8)25-14(11)17-7-9-12(20)18-16(23)19-13(9)21/h7,9H,2-6H2,1H3,(H2,18,19,20,21,23). The second kappa shape index (κ2) is 7.14. The Balaban J connectivity index is 1.92. The molecule has 0 unspecified atom stereocenters. The van der Waals surface area contributed by atoms with E-state index in [2.05, 4.69) is 4.99 Å². The number of barbiturate groups is 1. The van der Waals surface area contributed by atoms with Crippen LogP contribution in [0, 0.1) is 5.92 Å². The van der Waals surface area contributed by atoms with Crippen molar-refractivity contribution < 1.29 is 23.9 Å². The van der Waals surface area contributed by atoms with Gasteiger partial charge in [0, 0.05) is 11.1 Å². The molecule has 25 heavy (non-hydrogen) atoms. The molecule has 1 aliphatic heterocycles. The number of hydrogen-bond donors (Lipinski definition) is 2. The third-order valence-electron chi connectivity index (χ3n) is 4.01. The number of fused-ring (bicyclic) bond motifs is 1. The largest absolute Gasteiger partial charge is 0.462 e. The van der Waals surface area contributed by atoms with E-state index in [1.807, 2.05) is 10.6 Å². The number of hydrogen-bond acceptors (Lipinski definition) is 7. The summed E-state index contributed by atoms with van der Waals surface area (Å²) in [6, 6.07) is -0.849. The van der Waals surface area contributed by atoms with E-state index < -0.39 is 29.7 Å². The normalized spacial score (nSPS) is 18.0. The zero-order valence-electron chi connectivity index (χ0n) is 13.6. The molecule has 2 aliphatic rings. The smallest absolute Gasteiger partial charge is 0.341 e. The van der Waals surface area contributed by atoms with Crippen LogP contribution in [-0.4, -0.2) is 36.6 Å². The first kappa shape index (κ1) is 17.3. The maximum absolute atomic E-state index is 12.3. The fourth-order valence-electron chi connectivity index (χ4n) is 2.86. The summed E-state index contributed by atoms with van der Waals surface area (Å²) < 4.78 is 5.13. The van der Waals surface area contributed by atoms with Gasteiger partial charge in [0.15, 0.2) is 5.92 Å². The van der Waals surface area contributed by atoms with Gasteiger partial charge < -0.3 is 4.74 Å². The van der Waals surface area contributed by atoms with Gasteiger partial charge in [-0.05, 0) is 38.2 Å². The molecule has 0 radical (unpaired) electrons. The molecule has 0 aromatic carbocycles. The van der Waals surface area contributed by atoms with E-state index in [0.29, 0.717) is 10.6 Å². The fraction of sp³-hybridized carbons (Fsp3) is 0.438. The lowest BCUT2D eigenvalue weighted by molar-refractivity contribution is -0.132. The molecule has 0 bridgehead atoms. The fourth-order valence-corrected chi connectivity index (χ4v) is 4.09. The van der Waals surface area contributed by atoms with Crippen LogP contribution in [0.3, 0.4) is 0 Å². The number of urea groups is 1. The van der Waals surface area contributed by atoms with Crippen molar-refractivity contribution in [2.75, 3.05) is 6.61 Å². The third-order valence-corrected chi connectivity index (χ3v) is 5.21. The van der Waals surface area contributed by atoms with E-state index in [1.54, 1.807) is 6.92 Å². The Hall–Kier alpha value is -2.55. The van der Waals surface area contributed by atoms with Crippen LogP contribution >= 0.6 is 11.3 Å². The first-order valence-electron chi connectivity index (χ1n) is 8.02. The second-order valence-electron chi connectivity index (χ2n) is 5.67. The average molecular weight is 363 g/mol. The minimum Gasteiger partial charge on any atom is -0.462 e. The van der Waals surface area contributed by atoms with Crippen LogP contribution in [0.1, 0.15) is 40.6 Å². The minimum atomic E-state index is -1.22. The Kier molecular flexibility index (Phi) is 4.93. The lowest BCUT2D eigenvalue weighted by Gasteiger charge is -2.16. The predicted octanol–water partition coefficient (Wildman–Crippen LogP) is 1.49. The van der Waals surface area contributed by atoms with E-state index in [1.165, 1.54) is 11.3 Å². The molecule has 1 aliphatic carbocycles. The highest BCUT2D eigenvalue weighted by atomic mass is 32.1. The number of nitrogens with zero attached hydrogens (tertiary/aromatic N) is 1. The quantitative estimate of drug-likeness (QED) is 0.478. The molecule has 1 aromatic rings. The number of imide groups is 2. The number of carbonyl (C=O) groups excluding carboxylic acids is 4. The van der Waals surface area contributed by atoms with Gasteiger partial charge in [0.1, 0.15) is 5.00 Å². The number of aliphatic imine (C=N–C) groups is 1. The van der Waals surface area contributed by atoms with Crippen molar-refractivity contribution in [3.63, 3.8) is 0 Å². The van der Waals surface area contributed by atoms with Gasteiger partial charge in [0.25, 0.3) is 0 Å². The van der Waals surface area contributed by atoms with Crippen molar-refractivity contribution in [2.45, 2.75) is 32.6 Å². The van der Waals surface area contributed by atoms with Crippen molar-refractivity contribution in [3.05, 3.63) is 16.0 Å². The lowest BCUT2D eigenvalue weighted by Crippen LogP contribution is -2.56. The number of ether oxygens (including phenoxy) is 1. The Morgan fingerprint density at radius 3 is 2.60 bits per heavy atom. The summed E-state index contributed by atoms with van der Waals surface area (Å²) in [6.07, 6.45) is 4.87. The Morgan fingerprint density at radius 1 is 1.24 bits per heavy atom. The average Bonchev–Trinajstić information content (AvgIpc) is 2.92. The van der Waals surface area contributed by atoms with E-state index >= 15 is 0 Å². The molecular weight excluding hydrogens is 346 g/mol. The van der Waals surface area contributed by atoms with Crippen LogP contribution in [0.5, 0.6) is 0 Å². The molecule has 132 valence electrons. The first-order valence-corrected chi connectivity index (χ1v) is 8.84. The number of thiophene rings is 1. The highest BCUT2D eigenvalue weighted by molar-refractivity contribution is 7.16. The van der Waals surface area contributed by atoms with Gasteiger partial charge in [-0.1, -0.05) is 0 Å². The number of esters is 1. The zero-order chi connectivity index (χ0) is 18.0. The topological polar surface area (TPSA) is 114 Å². The molecule has 9 heteroatoms. The van der Waals surface area contributed by atoms with Gasteiger partial charge in [-0.15, -0.1) is 11.3 Å². The molecule has 1 aromatic heterocycles. The third kappa shape index (κ3) is 3.46. The van der Waals surface area contributed by atoms with Crippen molar-refractivity contribution in [2.24, 2.45) is 10.9 Å². The van der Waals surface area contributed by atoms with Gasteiger partial charge in [0.2, 0.25) is 11.8 Å². The second-order valence-corrected chi connectivity index (χ2v) is 6.76. The molecule has 2 heterocycles. The summed E-state index contributed by atoms with van der Waals surface area (Å²) in [4.78, 5) is 52.3. The number of rotatable bonds is 4. The van der Waals surface area contributed by atoms with Crippen molar-refractivity contribution in [1.82, 2.24) is 10.6 Å². The van der Waals surface area contributed by atoms with Crippen molar-refractivity contribution in [1.29, 1.82) is 0 Å². The Morgan fingerprint density at radius 2 is 1.92 bits per heavy atom. The molecule has 0 spiro atoms. The molecule has 1 saturated heterocycles. The summed E-state index contributed by atoms with van der Waals surface area (Å²) in [7, 11) is 0. The molecule has 4 amide bonds. The van der Waals surface area contributed by atoms with Gasteiger partial charge in [-0.3, -0.25) is 20.2 Å². The Labute approximate surface area is 147 Å². The summed E-state index contributed by atoms with van der Waals surface area (Å²) in [6.45, 7) is 1.98. The maximum atomic E-state index is 12.3. The van der Waals surface area contributed by atoms with Gasteiger partial charge in [-0.25, -0.2) is 14.6 Å². The van der Waals surface area contributed by atoms with Gasteiger partial charge in [0.05, 0.1) is 12.2 Å². The molecular formula is C16H17N3O5S. The van der Waals surface area contributed by atoms with E-state index in [0.717, 1.165) is 42.3 Å². The zero-order valence-corrected chi connectivity index (χ0v) is 14.4. The van der Waals surface area contributed by atoms with Gasteiger partial charge >= 0.3 is 12.0 Å². The van der Waals surface area contributed by atoms with E-state index in [-0.39, 0.29) is 6.61 Å². The molecule has 3 rings (SSSR count). The highest BCUT2D eigenvalue weighted by Gasteiger charge is 2.33. The summed E-state index contributed by atoms with van der Waals surface area (Å²) in [5, 5.41) is 4.46. The van der Waals surface area contributed by atoms with E-state index in [9.17, 15) is 19.2 Å². The molecule has 2 N–H and O–H groups in total. The highest BCUT2D eigenvalue weighted by Crippen LogP contribution is 2.40. The minimum absolute atomic E-state index is 0.252.